The van der Waals surface area contributed by atoms with Gasteiger partial charge in [-0.05, 0) is 59.5 Å². The Hall–Kier alpha value is -4.70. The number of fused-ring (bicyclic) bond motifs is 3. The van der Waals surface area contributed by atoms with Crippen LogP contribution in [0, 0.1) is 18.8 Å². The molecule has 0 N–H and O–H groups in total. The monoisotopic (exact) mass is 626 g/mol. The lowest BCUT2D eigenvalue weighted by Gasteiger charge is -2.46. The first-order valence-corrected chi connectivity index (χ1v) is 15.6. The van der Waals surface area contributed by atoms with Crippen LogP contribution in [0.4, 0.5) is 0 Å². The molecule has 0 radical (unpaired) electrons. The van der Waals surface area contributed by atoms with Gasteiger partial charge in [-0.1, -0.05) is 29.8 Å². The van der Waals surface area contributed by atoms with Crippen LogP contribution in [0.1, 0.15) is 39.8 Å². The Morgan fingerprint density at radius 1 is 0.848 bits per heavy atom. The molecule has 0 aromatic heterocycles. The van der Waals surface area contributed by atoms with Crippen LogP contribution in [-0.4, -0.2) is 82.6 Å². The van der Waals surface area contributed by atoms with Crippen LogP contribution in [0.25, 0.3) is 6.08 Å². The lowest BCUT2D eigenvalue weighted by molar-refractivity contribution is -0.141. The summed E-state index contributed by atoms with van der Waals surface area (Å²) in [4.78, 5) is 31.0. The van der Waals surface area contributed by atoms with Gasteiger partial charge in [-0.3, -0.25) is 14.5 Å². The molecule has 2 saturated heterocycles. The second kappa shape index (κ2) is 12.2. The number of nitrogens with zero attached hydrogens (tertiary/aromatic N) is 2. The van der Waals surface area contributed by atoms with Gasteiger partial charge >= 0.3 is 5.97 Å². The SMILES string of the molecule is COc1cc([C@@H]2c3cc4c(cc3[C@@H](N3CCN(C(=O)/C=C/c5ccc(C)cc5)CC3)[C@H]3COC(=O)[C@H]23)OCO4)cc(OC)c1OC. The van der Waals surface area contributed by atoms with Crippen molar-refractivity contribution in [2.75, 3.05) is 60.9 Å². The van der Waals surface area contributed by atoms with E-state index in [1.807, 2.05) is 60.4 Å². The minimum atomic E-state index is -0.446. The summed E-state index contributed by atoms with van der Waals surface area (Å²) < 4.78 is 34.4. The largest absolute Gasteiger partial charge is 0.493 e. The third-order valence-electron chi connectivity index (χ3n) is 9.71. The number of methoxy groups -OCH3 is 3. The number of carbonyl (C=O) groups is 2. The van der Waals surface area contributed by atoms with Crippen molar-refractivity contribution in [2.45, 2.75) is 18.9 Å². The summed E-state index contributed by atoms with van der Waals surface area (Å²) in [6.45, 7) is 4.97. The normalized spacial score (nSPS) is 23.6. The smallest absolute Gasteiger partial charge is 0.310 e. The molecule has 0 bridgehead atoms. The van der Waals surface area contributed by atoms with Gasteiger partial charge < -0.3 is 33.3 Å². The molecule has 10 heteroatoms. The van der Waals surface area contributed by atoms with Crippen LogP contribution in [0.15, 0.2) is 54.6 Å². The molecule has 3 heterocycles. The summed E-state index contributed by atoms with van der Waals surface area (Å²) in [5.41, 5.74) is 5.08. The molecule has 240 valence electrons. The predicted octanol–water partition coefficient (Wildman–Crippen LogP) is 4.58. The maximum atomic E-state index is 13.6. The van der Waals surface area contributed by atoms with Gasteiger partial charge in [0.2, 0.25) is 18.4 Å². The van der Waals surface area contributed by atoms with Gasteiger partial charge in [0.05, 0.1) is 33.9 Å². The lowest BCUT2D eigenvalue weighted by atomic mass is 9.64. The zero-order valence-corrected chi connectivity index (χ0v) is 26.5. The van der Waals surface area contributed by atoms with E-state index in [9.17, 15) is 9.59 Å². The van der Waals surface area contributed by atoms with Crippen LogP contribution in [0.5, 0.6) is 28.7 Å². The van der Waals surface area contributed by atoms with E-state index < -0.39 is 5.92 Å². The third kappa shape index (κ3) is 5.20. The Morgan fingerprint density at radius 3 is 2.13 bits per heavy atom. The minimum absolute atomic E-state index is 0.00708. The maximum Gasteiger partial charge on any atom is 0.310 e. The van der Waals surface area contributed by atoms with E-state index in [2.05, 4.69) is 11.0 Å². The molecule has 0 saturated carbocycles. The lowest BCUT2D eigenvalue weighted by Crippen LogP contribution is -2.52. The Bertz CT molecular complexity index is 1650. The Labute approximate surface area is 268 Å². The quantitative estimate of drug-likeness (QED) is 0.276. The van der Waals surface area contributed by atoms with Gasteiger partial charge in [0.25, 0.3) is 0 Å². The first kappa shape index (κ1) is 30.0. The topological polar surface area (TPSA) is 96.0 Å². The molecular formula is C36H38N2O8. The van der Waals surface area contributed by atoms with Gasteiger partial charge in [0, 0.05) is 50.1 Å². The number of carbonyl (C=O) groups excluding carboxylic acids is 2. The first-order valence-electron chi connectivity index (χ1n) is 15.6. The average molecular weight is 627 g/mol. The van der Waals surface area contributed by atoms with Crippen LogP contribution < -0.4 is 23.7 Å². The fourth-order valence-corrected chi connectivity index (χ4v) is 7.45. The molecule has 1 aliphatic carbocycles. The van der Waals surface area contributed by atoms with Crippen LogP contribution >= 0.6 is 0 Å². The van der Waals surface area contributed by atoms with Crippen molar-refractivity contribution in [1.82, 2.24) is 9.80 Å². The molecule has 46 heavy (non-hydrogen) atoms. The Kier molecular flexibility index (Phi) is 7.98. The highest BCUT2D eigenvalue weighted by Gasteiger charge is 2.54. The molecule has 3 aromatic rings. The van der Waals surface area contributed by atoms with E-state index in [4.69, 9.17) is 28.4 Å². The summed E-state index contributed by atoms with van der Waals surface area (Å²) in [5.74, 6) is 1.71. The molecule has 4 atom stereocenters. The van der Waals surface area contributed by atoms with E-state index in [1.54, 1.807) is 27.4 Å². The zero-order chi connectivity index (χ0) is 31.9. The Morgan fingerprint density at radius 2 is 1.50 bits per heavy atom. The van der Waals surface area contributed by atoms with Crippen molar-refractivity contribution >= 4 is 18.0 Å². The summed E-state index contributed by atoms with van der Waals surface area (Å²) in [6.07, 6.45) is 3.52. The number of amides is 1. The van der Waals surface area contributed by atoms with Crippen LogP contribution in [0.3, 0.4) is 0 Å². The van der Waals surface area contributed by atoms with E-state index in [-0.39, 0.29) is 36.5 Å². The molecule has 0 spiro atoms. The van der Waals surface area contributed by atoms with Crippen molar-refractivity contribution in [3.8, 4) is 28.7 Å². The average Bonchev–Trinajstić information content (AvgIpc) is 3.71. The molecule has 4 aliphatic rings. The van der Waals surface area contributed by atoms with E-state index in [1.165, 1.54) is 5.56 Å². The highest BCUT2D eigenvalue weighted by atomic mass is 16.7. The number of cyclic esters (lactones) is 1. The number of rotatable bonds is 7. The maximum absolute atomic E-state index is 13.6. The molecule has 1 amide bonds. The number of aryl methyl sites for hydroxylation is 1. The standard InChI is InChI=1S/C36H38N2O8/c1-21-5-7-22(8-6-21)9-10-31(39)37-11-13-38(14-12-37)34-25-18-28-27(45-20-46-28)17-24(25)32(33-26(34)19-44-36(33)40)23-15-29(41-2)35(43-4)30(16-23)42-3/h5-10,15-18,26,32-34H,11-14,19-20H2,1-4H3/b10-9+/t26-,32+,33-,34+/m0/s1. The second-order valence-electron chi connectivity index (χ2n) is 12.1. The van der Waals surface area contributed by atoms with Gasteiger partial charge in [-0.2, -0.15) is 0 Å². The predicted molar refractivity (Wildman–Crippen MR) is 170 cm³/mol. The fraction of sp³-hybridized carbons (Fsp3) is 0.389. The summed E-state index contributed by atoms with van der Waals surface area (Å²) >= 11 is 0. The molecule has 2 fully saturated rings. The molecule has 0 unspecified atom stereocenters. The zero-order valence-electron chi connectivity index (χ0n) is 26.5. The van der Waals surface area contributed by atoms with Gasteiger partial charge in [0.1, 0.15) is 0 Å². The Balaban J connectivity index is 1.22. The van der Waals surface area contributed by atoms with E-state index in [0.717, 1.165) is 22.3 Å². The summed E-state index contributed by atoms with van der Waals surface area (Å²) in [6, 6.07) is 15.9. The van der Waals surface area contributed by atoms with E-state index in [0.29, 0.717) is 61.5 Å². The van der Waals surface area contributed by atoms with Gasteiger partial charge in [0.15, 0.2) is 23.0 Å². The highest BCUT2D eigenvalue weighted by molar-refractivity contribution is 5.91. The number of ether oxygens (including phenoxy) is 6. The number of piperazine rings is 1. The number of benzene rings is 3. The van der Waals surface area contributed by atoms with Crippen LogP contribution in [0.2, 0.25) is 0 Å². The summed E-state index contributed by atoms with van der Waals surface area (Å²) in [7, 11) is 4.73. The van der Waals surface area contributed by atoms with Crippen molar-refractivity contribution in [1.29, 1.82) is 0 Å². The third-order valence-corrected chi connectivity index (χ3v) is 9.71. The number of hydrogen-bond acceptors (Lipinski definition) is 9. The molecule has 3 aliphatic heterocycles. The van der Waals surface area contributed by atoms with Gasteiger partial charge in [-0.15, -0.1) is 0 Å². The van der Waals surface area contributed by atoms with Crippen molar-refractivity contribution in [3.05, 3.63) is 82.4 Å². The van der Waals surface area contributed by atoms with Crippen molar-refractivity contribution in [2.24, 2.45) is 11.8 Å². The second-order valence-corrected chi connectivity index (χ2v) is 12.1. The first-order chi connectivity index (χ1) is 22.4. The number of hydrogen-bond donors (Lipinski definition) is 0. The number of esters is 1. The molecule has 10 nitrogen and oxygen atoms in total. The highest BCUT2D eigenvalue weighted by Crippen LogP contribution is 2.57. The molecule has 3 aromatic carbocycles. The van der Waals surface area contributed by atoms with Crippen LogP contribution in [-0.2, 0) is 14.3 Å². The summed E-state index contributed by atoms with van der Waals surface area (Å²) in [5, 5.41) is 0. The molecular weight excluding hydrogens is 588 g/mol. The van der Waals surface area contributed by atoms with E-state index >= 15 is 0 Å². The minimum Gasteiger partial charge on any atom is -0.493 e. The van der Waals surface area contributed by atoms with Crippen molar-refractivity contribution in [3.63, 3.8) is 0 Å². The molecule has 7 rings (SSSR count). The van der Waals surface area contributed by atoms with Crippen molar-refractivity contribution < 1.29 is 38.0 Å². The fourth-order valence-electron chi connectivity index (χ4n) is 7.45. The van der Waals surface area contributed by atoms with Gasteiger partial charge in [-0.25, -0.2) is 0 Å².